The Hall–Kier alpha value is -1.88. The van der Waals surface area contributed by atoms with E-state index in [0.717, 1.165) is 24.4 Å². The summed E-state index contributed by atoms with van der Waals surface area (Å²) < 4.78 is 1.82. The summed E-state index contributed by atoms with van der Waals surface area (Å²) in [6, 6.07) is 5.02. The number of aryl methyl sites for hydroxylation is 2. The molecule has 0 saturated carbocycles. The Morgan fingerprint density at radius 3 is 2.90 bits per heavy atom. The SMILES string of the molecule is CCCn1ncnc1[C@H](C)NC(=O)c1ccc(Cl)c(C)c1. The number of carbonyl (C=O) groups is 1. The van der Waals surface area contributed by atoms with Crippen molar-refractivity contribution in [3.63, 3.8) is 0 Å². The number of amides is 1. The summed E-state index contributed by atoms with van der Waals surface area (Å²) in [6.07, 6.45) is 2.48. The average molecular weight is 307 g/mol. The molecule has 1 aromatic heterocycles. The maximum atomic E-state index is 12.3. The van der Waals surface area contributed by atoms with E-state index in [-0.39, 0.29) is 11.9 Å². The van der Waals surface area contributed by atoms with Crippen LogP contribution in [-0.4, -0.2) is 20.7 Å². The van der Waals surface area contributed by atoms with Crippen LogP contribution in [0, 0.1) is 6.92 Å². The van der Waals surface area contributed by atoms with Crippen LogP contribution in [0.2, 0.25) is 5.02 Å². The molecule has 0 aliphatic heterocycles. The Morgan fingerprint density at radius 1 is 1.48 bits per heavy atom. The highest BCUT2D eigenvalue weighted by Crippen LogP contribution is 2.17. The molecule has 0 fully saturated rings. The van der Waals surface area contributed by atoms with Gasteiger partial charge in [0.25, 0.3) is 5.91 Å². The number of aromatic nitrogens is 3. The van der Waals surface area contributed by atoms with Gasteiger partial charge < -0.3 is 5.32 Å². The minimum Gasteiger partial charge on any atom is -0.342 e. The molecule has 1 N–H and O–H groups in total. The van der Waals surface area contributed by atoms with E-state index in [1.165, 1.54) is 6.33 Å². The number of rotatable bonds is 5. The van der Waals surface area contributed by atoms with Crippen LogP contribution in [0.25, 0.3) is 0 Å². The van der Waals surface area contributed by atoms with E-state index in [4.69, 9.17) is 11.6 Å². The number of carbonyl (C=O) groups excluding carboxylic acids is 1. The summed E-state index contributed by atoms with van der Waals surface area (Å²) in [4.78, 5) is 16.5. The molecule has 0 unspecified atom stereocenters. The zero-order valence-electron chi connectivity index (χ0n) is 12.4. The Morgan fingerprint density at radius 2 is 2.24 bits per heavy atom. The van der Waals surface area contributed by atoms with Crippen molar-refractivity contribution in [3.05, 3.63) is 46.5 Å². The van der Waals surface area contributed by atoms with Gasteiger partial charge in [-0.25, -0.2) is 9.67 Å². The summed E-state index contributed by atoms with van der Waals surface area (Å²) in [7, 11) is 0. The van der Waals surface area contributed by atoms with Gasteiger partial charge in [0.1, 0.15) is 12.2 Å². The number of benzene rings is 1. The highest BCUT2D eigenvalue weighted by molar-refractivity contribution is 6.31. The normalized spacial score (nSPS) is 12.2. The van der Waals surface area contributed by atoms with Crippen LogP contribution in [0.15, 0.2) is 24.5 Å². The lowest BCUT2D eigenvalue weighted by molar-refractivity contribution is 0.0937. The molecule has 1 aromatic carbocycles. The molecule has 2 rings (SSSR count). The van der Waals surface area contributed by atoms with Crippen molar-refractivity contribution in [1.82, 2.24) is 20.1 Å². The van der Waals surface area contributed by atoms with Crippen LogP contribution in [0.1, 0.15) is 48.1 Å². The zero-order valence-corrected chi connectivity index (χ0v) is 13.2. The van der Waals surface area contributed by atoms with Gasteiger partial charge in [-0.15, -0.1) is 0 Å². The lowest BCUT2D eigenvalue weighted by Crippen LogP contribution is -2.29. The zero-order chi connectivity index (χ0) is 15.4. The molecule has 0 bridgehead atoms. The minimum atomic E-state index is -0.206. The van der Waals surface area contributed by atoms with Gasteiger partial charge in [-0.2, -0.15) is 5.10 Å². The fourth-order valence-corrected chi connectivity index (χ4v) is 2.24. The Balaban J connectivity index is 2.11. The van der Waals surface area contributed by atoms with E-state index in [2.05, 4.69) is 22.3 Å². The van der Waals surface area contributed by atoms with Gasteiger partial charge in [0.15, 0.2) is 0 Å². The van der Waals surface area contributed by atoms with Gasteiger partial charge in [0, 0.05) is 17.1 Å². The Kier molecular flexibility index (Phi) is 4.96. The van der Waals surface area contributed by atoms with E-state index in [0.29, 0.717) is 10.6 Å². The van der Waals surface area contributed by atoms with Gasteiger partial charge in [-0.05, 0) is 44.0 Å². The molecule has 21 heavy (non-hydrogen) atoms. The first-order chi connectivity index (χ1) is 10.0. The molecule has 6 heteroatoms. The first-order valence-electron chi connectivity index (χ1n) is 6.97. The smallest absolute Gasteiger partial charge is 0.251 e. The second-order valence-electron chi connectivity index (χ2n) is 5.00. The molecule has 112 valence electrons. The number of halogens is 1. The monoisotopic (exact) mass is 306 g/mol. The number of hydrogen-bond acceptors (Lipinski definition) is 3. The molecule has 1 amide bonds. The summed E-state index contributed by atoms with van der Waals surface area (Å²) in [6.45, 7) is 6.64. The molecule has 5 nitrogen and oxygen atoms in total. The van der Waals surface area contributed by atoms with Crippen molar-refractivity contribution >= 4 is 17.5 Å². The molecule has 1 heterocycles. The van der Waals surface area contributed by atoms with E-state index in [1.54, 1.807) is 18.2 Å². The van der Waals surface area contributed by atoms with Gasteiger partial charge in [-0.3, -0.25) is 4.79 Å². The molecular formula is C15H19ClN4O. The summed E-state index contributed by atoms with van der Waals surface area (Å²) >= 11 is 5.97. The molecule has 1 atom stereocenters. The average Bonchev–Trinajstić information content (AvgIpc) is 2.90. The largest absolute Gasteiger partial charge is 0.342 e. The van der Waals surface area contributed by atoms with Gasteiger partial charge in [0.2, 0.25) is 0 Å². The quantitative estimate of drug-likeness (QED) is 0.923. The van der Waals surface area contributed by atoms with Crippen molar-refractivity contribution in [3.8, 4) is 0 Å². The number of hydrogen-bond donors (Lipinski definition) is 1. The standard InChI is InChI=1S/C15H19ClN4O/c1-4-7-20-14(17-9-18-20)11(3)19-15(21)12-5-6-13(16)10(2)8-12/h5-6,8-9,11H,4,7H2,1-3H3,(H,19,21)/t11-/m0/s1. The maximum Gasteiger partial charge on any atom is 0.251 e. The number of nitrogens with one attached hydrogen (secondary N) is 1. The Labute approximate surface area is 129 Å². The van der Waals surface area contributed by atoms with Gasteiger partial charge in [0.05, 0.1) is 6.04 Å². The molecule has 0 spiro atoms. The van der Waals surface area contributed by atoms with Gasteiger partial charge >= 0.3 is 0 Å². The van der Waals surface area contributed by atoms with Crippen LogP contribution in [0.3, 0.4) is 0 Å². The second-order valence-corrected chi connectivity index (χ2v) is 5.41. The predicted octanol–water partition coefficient (Wildman–Crippen LogP) is 3.14. The lowest BCUT2D eigenvalue weighted by atomic mass is 10.1. The second kappa shape index (κ2) is 6.72. The van der Waals surface area contributed by atoms with E-state index in [9.17, 15) is 4.79 Å². The van der Waals surface area contributed by atoms with Crippen LogP contribution < -0.4 is 5.32 Å². The van der Waals surface area contributed by atoms with E-state index in [1.807, 2.05) is 18.5 Å². The van der Waals surface area contributed by atoms with Crippen molar-refractivity contribution in [2.24, 2.45) is 0 Å². The third-order valence-electron chi connectivity index (χ3n) is 3.24. The third kappa shape index (κ3) is 3.61. The van der Waals surface area contributed by atoms with Crippen molar-refractivity contribution < 1.29 is 4.79 Å². The van der Waals surface area contributed by atoms with Crippen molar-refractivity contribution in [2.75, 3.05) is 0 Å². The van der Waals surface area contributed by atoms with Crippen LogP contribution in [-0.2, 0) is 6.54 Å². The summed E-state index contributed by atoms with van der Waals surface area (Å²) in [5.41, 5.74) is 1.47. The minimum absolute atomic E-state index is 0.145. The number of nitrogens with zero attached hydrogens (tertiary/aromatic N) is 3. The van der Waals surface area contributed by atoms with Crippen LogP contribution in [0.5, 0.6) is 0 Å². The first kappa shape index (κ1) is 15.5. The molecular weight excluding hydrogens is 288 g/mol. The summed E-state index contributed by atoms with van der Waals surface area (Å²) in [5.74, 6) is 0.615. The van der Waals surface area contributed by atoms with Crippen molar-refractivity contribution in [2.45, 2.75) is 39.8 Å². The van der Waals surface area contributed by atoms with Gasteiger partial charge in [-0.1, -0.05) is 18.5 Å². The van der Waals surface area contributed by atoms with Crippen LogP contribution in [0.4, 0.5) is 0 Å². The predicted molar refractivity (Wildman–Crippen MR) is 82.4 cm³/mol. The molecule has 0 radical (unpaired) electrons. The molecule has 0 aliphatic rings. The molecule has 2 aromatic rings. The van der Waals surface area contributed by atoms with Crippen LogP contribution >= 0.6 is 11.6 Å². The highest BCUT2D eigenvalue weighted by atomic mass is 35.5. The molecule has 0 aliphatic carbocycles. The lowest BCUT2D eigenvalue weighted by Gasteiger charge is -2.14. The topological polar surface area (TPSA) is 59.8 Å². The van der Waals surface area contributed by atoms with E-state index >= 15 is 0 Å². The van der Waals surface area contributed by atoms with E-state index < -0.39 is 0 Å². The maximum absolute atomic E-state index is 12.3. The fraction of sp³-hybridized carbons (Fsp3) is 0.400. The molecule has 0 saturated heterocycles. The Bertz CT molecular complexity index is 638. The first-order valence-corrected chi connectivity index (χ1v) is 7.35. The highest BCUT2D eigenvalue weighted by Gasteiger charge is 2.16. The fourth-order valence-electron chi connectivity index (χ4n) is 2.12. The third-order valence-corrected chi connectivity index (χ3v) is 3.66. The summed E-state index contributed by atoms with van der Waals surface area (Å²) in [5, 5.41) is 7.76. The van der Waals surface area contributed by atoms with Crippen molar-refractivity contribution in [1.29, 1.82) is 0 Å².